The lowest BCUT2D eigenvalue weighted by atomic mass is 9.50. The summed E-state index contributed by atoms with van der Waals surface area (Å²) >= 11 is 0. The number of aliphatic hydroxyl groups excluding tert-OH is 3. The van der Waals surface area contributed by atoms with Gasteiger partial charge in [-0.3, -0.25) is 9.00 Å². The van der Waals surface area contributed by atoms with Crippen LogP contribution in [0.15, 0.2) is 30.3 Å². The topological polar surface area (TPSA) is 104 Å². The van der Waals surface area contributed by atoms with E-state index in [1.54, 1.807) is 0 Å². The minimum Gasteiger partial charge on any atom is -0.462 e. The maximum Gasteiger partial charge on any atom is 0.312 e. The zero-order chi connectivity index (χ0) is 30.4. The molecule has 0 spiro atoms. The van der Waals surface area contributed by atoms with E-state index in [1.165, 1.54) is 5.56 Å². The minimum atomic E-state index is -1.54. The highest BCUT2D eigenvalue weighted by molar-refractivity contribution is 7.85. The van der Waals surface area contributed by atoms with Gasteiger partial charge >= 0.3 is 5.97 Å². The zero-order valence-corrected chi connectivity index (χ0v) is 27.2. The molecule has 1 rings (SSSR count). The lowest BCUT2D eigenvalue weighted by Gasteiger charge is -2.53. The third-order valence-electron chi connectivity index (χ3n) is 8.91. The molecule has 0 aliphatic rings. The highest BCUT2D eigenvalue weighted by Gasteiger charge is 2.54. The normalized spacial score (nSPS) is 18.1. The van der Waals surface area contributed by atoms with Crippen molar-refractivity contribution in [2.75, 3.05) is 24.7 Å². The van der Waals surface area contributed by atoms with Gasteiger partial charge in [-0.15, -0.1) is 0 Å². The number of aliphatic hydroxyl groups is 3. The molecule has 3 N–H and O–H groups in total. The average molecular weight is 569 g/mol. The van der Waals surface area contributed by atoms with Gasteiger partial charge in [0, 0.05) is 10.8 Å². The number of carbonyl (C=O) groups excluding carboxylic acids is 1. The largest absolute Gasteiger partial charge is 0.462 e. The van der Waals surface area contributed by atoms with E-state index in [4.69, 9.17) is 9.84 Å². The summed E-state index contributed by atoms with van der Waals surface area (Å²) in [5, 5.41) is 28.8. The van der Waals surface area contributed by atoms with Gasteiger partial charge in [0.2, 0.25) is 0 Å². The van der Waals surface area contributed by atoms with Crippen LogP contribution in [0.25, 0.3) is 0 Å². The van der Waals surface area contributed by atoms with Crippen LogP contribution in [-0.2, 0) is 20.3 Å². The molecule has 1 aromatic carbocycles. The van der Waals surface area contributed by atoms with E-state index < -0.39 is 40.4 Å². The van der Waals surface area contributed by atoms with Crippen LogP contribution < -0.4 is 0 Å². The van der Waals surface area contributed by atoms with Crippen LogP contribution in [0.4, 0.5) is 0 Å². The fraction of sp³-hybridized carbons (Fsp3) is 0.781. The van der Waals surface area contributed by atoms with E-state index >= 15 is 0 Å². The number of rotatable bonds is 14. The van der Waals surface area contributed by atoms with Crippen LogP contribution in [0.1, 0.15) is 100 Å². The molecule has 0 radical (unpaired) electrons. The quantitative estimate of drug-likeness (QED) is 0.249. The number of benzene rings is 1. The third kappa shape index (κ3) is 9.94. The van der Waals surface area contributed by atoms with E-state index in [-0.39, 0.29) is 46.2 Å². The highest BCUT2D eigenvalue weighted by Crippen LogP contribution is 2.59. The van der Waals surface area contributed by atoms with Crippen molar-refractivity contribution < 1.29 is 29.1 Å². The smallest absolute Gasteiger partial charge is 0.312 e. The molecule has 6 nitrogen and oxygen atoms in total. The van der Waals surface area contributed by atoms with Gasteiger partial charge in [-0.2, -0.15) is 0 Å². The number of esters is 1. The monoisotopic (exact) mass is 568 g/mol. The SMILES string of the molecule is CC(C)(C)CC(c1ccccc1)C(C)(C)C(C)(C)CC(C)(C(=O)OCC(O)CS(=O)CC(O)CO)C(C)(C)C. The van der Waals surface area contributed by atoms with Crippen molar-refractivity contribution in [2.45, 2.75) is 107 Å². The average Bonchev–Trinajstić information content (AvgIpc) is 2.79. The molecule has 0 heterocycles. The summed E-state index contributed by atoms with van der Waals surface area (Å²) in [4.78, 5) is 13.7. The predicted octanol–water partition coefficient (Wildman–Crippen LogP) is 5.71. The van der Waals surface area contributed by atoms with Gasteiger partial charge in [-0.05, 0) is 52.9 Å². The van der Waals surface area contributed by atoms with Gasteiger partial charge in [0.25, 0.3) is 0 Å². The summed E-state index contributed by atoms with van der Waals surface area (Å²) in [6, 6.07) is 10.6. The Morgan fingerprint density at radius 3 is 1.85 bits per heavy atom. The lowest BCUT2D eigenvalue weighted by molar-refractivity contribution is -0.170. The standard InChI is InChI=1S/C32H56O6S/c1-28(2,3)17-26(23-15-13-12-14-16-23)31(9,10)30(7,8)22-32(11,29(4,5)6)27(36)38-19-25(35)21-39(37)20-24(34)18-33/h12-16,24-26,33-35H,17-22H2,1-11H3. The first-order valence-electron chi connectivity index (χ1n) is 14.1. The molecule has 0 saturated carbocycles. The van der Waals surface area contributed by atoms with Crippen LogP contribution in [0.3, 0.4) is 0 Å². The van der Waals surface area contributed by atoms with Crippen molar-refractivity contribution in [3.05, 3.63) is 35.9 Å². The first kappa shape index (κ1) is 35.7. The molecule has 0 aliphatic heterocycles. The fourth-order valence-corrected chi connectivity index (χ4v) is 6.44. The van der Waals surface area contributed by atoms with E-state index in [2.05, 4.69) is 72.7 Å². The molecule has 0 aliphatic carbocycles. The lowest BCUT2D eigenvalue weighted by Crippen LogP contribution is -2.50. The number of hydrogen-bond donors (Lipinski definition) is 3. The molecular weight excluding hydrogens is 512 g/mol. The van der Waals surface area contributed by atoms with E-state index in [1.807, 2.05) is 33.8 Å². The van der Waals surface area contributed by atoms with E-state index in [0.717, 1.165) is 6.42 Å². The Labute approximate surface area is 240 Å². The second kappa shape index (κ2) is 13.6. The van der Waals surface area contributed by atoms with Crippen molar-refractivity contribution in [3.8, 4) is 0 Å². The summed E-state index contributed by atoms with van der Waals surface area (Å²) in [7, 11) is -1.54. The van der Waals surface area contributed by atoms with Gasteiger partial charge in [-0.1, -0.05) is 99.6 Å². The van der Waals surface area contributed by atoms with Gasteiger partial charge in [0.15, 0.2) is 0 Å². The molecule has 0 aromatic heterocycles. The van der Waals surface area contributed by atoms with Crippen molar-refractivity contribution in [2.24, 2.45) is 27.1 Å². The Morgan fingerprint density at radius 1 is 0.872 bits per heavy atom. The first-order chi connectivity index (χ1) is 17.6. The summed E-state index contributed by atoms with van der Waals surface area (Å²) in [5.74, 6) is -0.395. The van der Waals surface area contributed by atoms with Crippen molar-refractivity contribution >= 4 is 16.8 Å². The van der Waals surface area contributed by atoms with Gasteiger partial charge in [0.1, 0.15) is 6.61 Å². The summed E-state index contributed by atoms with van der Waals surface area (Å²) in [6.07, 6.45) is -0.650. The van der Waals surface area contributed by atoms with Crippen molar-refractivity contribution in [1.29, 1.82) is 0 Å². The molecular formula is C32H56O6S. The molecule has 0 amide bonds. The van der Waals surface area contributed by atoms with E-state index in [9.17, 15) is 19.2 Å². The van der Waals surface area contributed by atoms with Gasteiger partial charge in [-0.25, -0.2) is 0 Å². The fourth-order valence-electron chi connectivity index (χ4n) is 5.24. The van der Waals surface area contributed by atoms with Crippen molar-refractivity contribution in [1.82, 2.24) is 0 Å². The van der Waals surface area contributed by atoms with Crippen LogP contribution >= 0.6 is 0 Å². The van der Waals surface area contributed by atoms with Crippen LogP contribution in [0.5, 0.6) is 0 Å². The second-order valence-corrected chi connectivity index (χ2v) is 16.5. The Bertz CT molecular complexity index is 928. The molecule has 1 aromatic rings. The molecule has 0 saturated heterocycles. The molecule has 226 valence electrons. The molecule has 5 atom stereocenters. The Kier molecular flexibility index (Phi) is 12.5. The maximum absolute atomic E-state index is 13.7. The molecule has 39 heavy (non-hydrogen) atoms. The second-order valence-electron chi connectivity index (χ2n) is 15.0. The highest BCUT2D eigenvalue weighted by atomic mass is 32.2. The van der Waals surface area contributed by atoms with Crippen LogP contribution in [-0.4, -0.2) is 62.4 Å². The van der Waals surface area contributed by atoms with Crippen LogP contribution in [0, 0.1) is 27.1 Å². The molecule has 0 fully saturated rings. The molecule has 7 heteroatoms. The summed E-state index contributed by atoms with van der Waals surface area (Å²) in [5.41, 5.74) is -0.332. The maximum atomic E-state index is 13.7. The van der Waals surface area contributed by atoms with Crippen molar-refractivity contribution in [3.63, 3.8) is 0 Å². The third-order valence-corrected chi connectivity index (χ3v) is 10.4. The first-order valence-corrected chi connectivity index (χ1v) is 15.6. The zero-order valence-electron chi connectivity index (χ0n) is 26.3. The predicted molar refractivity (Wildman–Crippen MR) is 161 cm³/mol. The minimum absolute atomic E-state index is 0.115. The number of ether oxygens (including phenoxy) is 1. The Hall–Kier alpha value is -1.28. The number of hydrogen-bond acceptors (Lipinski definition) is 6. The Morgan fingerprint density at radius 2 is 1.38 bits per heavy atom. The molecule has 0 bridgehead atoms. The summed E-state index contributed by atoms with van der Waals surface area (Å²) < 4.78 is 17.8. The van der Waals surface area contributed by atoms with Gasteiger partial charge < -0.3 is 20.1 Å². The van der Waals surface area contributed by atoms with Gasteiger partial charge in [0.05, 0.1) is 35.7 Å². The van der Waals surface area contributed by atoms with E-state index in [0.29, 0.717) is 6.42 Å². The van der Waals surface area contributed by atoms with Crippen LogP contribution in [0.2, 0.25) is 0 Å². The Balaban J connectivity index is 3.23. The molecule has 5 unspecified atom stereocenters. The summed E-state index contributed by atoms with van der Waals surface area (Å²) in [6.45, 7) is 23.2. The number of carbonyl (C=O) groups is 1.